The van der Waals surface area contributed by atoms with Crippen LogP contribution >= 0.6 is 0 Å². The van der Waals surface area contributed by atoms with E-state index in [1.807, 2.05) is 0 Å². The van der Waals surface area contributed by atoms with Gasteiger partial charge < -0.3 is 5.32 Å². The van der Waals surface area contributed by atoms with Gasteiger partial charge in [0, 0.05) is 25.2 Å². The lowest BCUT2D eigenvalue weighted by atomic mass is 9.84. The van der Waals surface area contributed by atoms with Crippen LogP contribution < -0.4 is 5.32 Å². The number of hydrogen-bond acceptors (Lipinski definition) is 2. The predicted octanol–water partition coefficient (Wildman–Crippen LogP) is 3.28. The third-order valence-corrected chi connectivity index (χ3v) is 4.00. The minimum atomic E-state index is 0.377. The number of rotatable bonds is 5. The van der Waals surface area contributed by atoms with Crippen LogP contribution in [-0.4, -0.2) is 36.6 Å². The molecule has 1 saturated heterocycles. The second kappa shape index (κ2) is 6.75. The topological polar surface area (TPSA) is 15.3 Å². The molecule has 17 heavy (non-hydrogen) atoms. The Morgan fingerprint density at radius 1 is 1.18 bits per heavy atom. The smallest absolute Gasteiger partial charge is 0.0244 e. The minimum absolute atomic E-state index is 0.377. The van der Waals surface area contributed by atoms with Gasteiger partial charge in [-0.3, -0.25) is 4.90 Å². The van der Waals surface area contributed by atoms with Gasteiger partial charge in [-0.25, -0.2) is 0 Å². The Hall–Kier alpha value is -0.0800. The highest BCUT2D eigenvalue weighted by atomic mass is 15.2. The molecule has 2 heteroatoms. The lowest BCUT2D eigenvalue weighted by molar-refractivity contribution is 0.0798. The molecule has 0 aromatic carbocycles. The van der Waals surface area contributed by atoms with Crippen molar-refractivity contribution in [3.63, 3.8) is 0 Å². The van der Waals surface area contributed by atoms with Crippen molar-refractivity contribution in [2.24, 2.45) is 5.41 Å². The van der Waals surface area contributed by atoms with E-state index in [0.717, 1.165) is 6.04 Å². The molecule has 0 bridgehead atoms. The Balaban J connectivity index is 2.56. The Morgan fingerprint density at radius 2 is 1.88 bits per heavy atom. The van der Waals surface area contributed by atoms with Crippen LogP contribution in [0.15, 0.2) is 0 Å². The monoisotopic (exact) mass is 240 g/mol. The normalized spacial score (nSPS) is 27.4. The van der Waals surface area contributed by atoms with E-state index in [2.05, 4.69) is 44.8 Å². The van der Waals surface area contributed by atoms with E-state index in [1.54, 1.807) is 0 Å². The molecule has 102 valence electrons. The Bertz CT molecular complexity index is 207. The summed E-state index contributed by atoms with van der Waals surface area (Å²) in [6.45, 7) is 15.3. The van der Waals surface area contributed by atoms with Gasteiger partial charge in [0.1, 0.15) is 0 Å². The number of nitrogens with zero attached hydrogens (tertiary/aromatic N) is 1. The summed E-state index contributed by atoms with van der Waals surface area (Å²) < 4.78 is 0. The molecule has 0 aliphatic carbocycles. The summed E-state index contributed by atoms with van der Waals surface area (Å²) in [5, 5.41) is 3.76. The molecule has 1 heterocycles. The lowest BCUT2D eigenvalue weighted by Crippen LogP contribution is -2.60. The van der Waals surface area contributed by atoms with Crippen LogP contribution in [0.4, 0.5) is 0 Å². The van der Waals surface area contributed by atoms with Crippen LogP contribution in [0, 0.1) is 5.41 Å². The Kier molecular flexibility index (Phi) is 5.94. The molecule has 2 unspecified atom stereocenters. The molecule has 1 aliphatic rings. The third kappa shape index (κ3) is 4.59. The van der Waals surface area contributed by atoms with Crippen molar-refractivity contribution in [1.29, 1.82) is 0 Å². The first kappa shape index (κ1) is 15.0. The number of unbranched alkanes of at least 4 members (excludes halogenated alkanes) is 1. The van der Waals surface area contributed by atoms with Crippen molar-refractivity contribution in [2.45, 2.75) is 72.4 Å². The molecule has 2 nitrogen and oxygen atoms in total. The molecule has 0 aromatic heterocycles. The number of piperazine rings is 1. The third-order valence-electron chi connectivity index (χ3n) is 4.00. The van der Waals surface area contributed by atoms with Gasteiger partial charge in [0.25, 0.3) is 0 Å². The lowest BCUT2D eigenvalue weighted by Gasteiger charge is -2.45. The summed E-state index contributed by atoms with van der Waals surface area (Å²) in [5.74, 6) is 0. The molecule has 0 radical (unpaired) electrons. The molecule has 0 amide bonds. The Labute approximate surface area is 108 Å². The maximum Gasteiger partial charge on any atom is 0.0244 e. The largest absolute Gasteiger partial charge is 0.311 e. The van der Waals surface area contributed by atoms with Crippen molar-refractivity contribution in [2.75, 3.05) is 19.6 Å². The summed E-state index contributed by atoms with van der Waals surface area (Å²) in [4.78, 5) is 2.74. The SMILES string of the molecule is CCCCN1CC(C(C)(C)C)NCC1CCC. The fourth-order valence-electron chi connectivity index (χ4n) is 2.69. The standard InChI is InChI=1S/C15H32N2/c1-6-8-10-17-12-14(15(3,4)5)16-11-13(17)9-7-2/h13-14,16H,6-12H2,1-5H3. The van der Waals surface area contributed by atoms with E-state index in [1.165, 1.54) is 45.3 Å². The fourth-order valence-corrected chi connectivity index (χ4v) is 2.69. The van der Waals surface area contributed by atoms with Gasteiger partial charge in [0.2, 0.25) is 0 Å². The molecule has 1 N–H and O–H groups in total. The minimum Gasteiger partial charge on any atom is -0.311 e. The second-order valence-electron chi connectivity index (χ2n) is 6.62. The van der Waals surface area contributed by atoms with Crippen molar-refractivity contribution < 1.29 is 0 Å². The second-order valence-corrected chi connectivity index (χ2v) is 6.62. The van der Waals surface area contributed by atoms with Crippen LogP contribution in [0.3, 0.4) is 0 Å². The van der Waals surface area contributed by atoms with Crippen LogP contribution in [0.1, 0.15) is 60.3 Å². The quantitative estimate of drug-likeness (QED) is 0.793. The first-order valence-corrected chi connectivity index (χ1v) is 7.46. The molecule has 1 fully saturated rings. The summed E-state index contributed by atoms with van der Waals surface area (Å²) in [6, 6.07) is 1.41. The van der Waals surface area contributed by atoms with Gasteiger partial charge in [0.15, 0.2) is 0 Å². The van der Waals surface area contributed by atoms with Gasteiger partial charge in [-0.2, -0.15) is 0 Å². The highest BCUT2D eigenvalue weighted by Crippen LogP contribution is 2.24. The van der Waals surface area contributed by atoms with Crippen LogP contribution in [0.25, 0.3) is 0 Å². The molecular formula is C15H32N2. The number of hydrogen-bond donors (Lipinski definition) is 1. The van der Waals surface area contributed by atoms with E-state index >= 15 is 0 Å². The zero-order valence-corrected chi connectivity index (χ0v) is 12.6. The highest BCUT2D eigenvalue weighted by molar-refractivity contribution is 4.91. The summed E-state index contributed by atoms with van der Waals surface area (Å²) in [6.07, 6.45) is 5.29. The van der Waals surface area contributed by atoms with E-state index in [4.69, 9.17) is 0 Å². The van der Waals surface area contributed by atoms with Crippen LogP contribution in [-0.2, 0) is 0 Å². The van der Waals surface area contributed by atoms with Gasteiger partial charge in [0.05, 0.1) is 0 Å². The molecule has 0 spiro atoms. The van der Waals surface area contributed by atoms with E-state index in [9.17, 15) is 0 Å². The van der Waals surface area contributed by atoms with Crippen molar-refractivity contribution in [3.05, 3.63) is 0 Å². The molecule has 0 aromatic rings. The zero-order valence-electron chi connectivity index (χ0n) is 12.6. The first-order valence-electron chi connectivity index (χ1n) is 7.46. The zero-order chi connectivity index (χ0) is 12.9. The van der Waals surface area contributed by atoms with E-state index < -0.39 is 0 Å². The van der Waals surface area contributed by atoms with Gasteiger partial charge >= 0.3 is 0 Å². The molecule has 0 saturated carbocycles. The average Bonchev–Trinajstić information content (AvgIpc) is 2.26. The van der Waals surface area contributed by atoms with Crippen LogP contribution in [0.2, 0.25) is 0 Å². The Morgan fingerprint density at radius 3 is 2.41 bits per heavy atom. The maximum atomic E-state index is 3.76. The van der Waals surface area contributed by atoms with Crippen LogP contribution in [0.5, 0.6) is 0 Å². The van der Waals surface area contributed by atoms with Gasteiger partial charge in [-0.1, -0.05) is 47.5 Å². The van der Waals surface area contributed by atoms with Gasteiger partial charge in [-0.05, 0) is 24.8 Å². The van der Waals surface area contributed by atoms with Crippen molar-refractivity contribution in [1.82, 2.24) is 10.2 Å². The summed E-state index contributed by atoms with van der Waals surface area (Å²) in [5.41, 5.74) is 0.377. The molecular weight excluding hydrogens is 208 g/mol. The molecule has 1 aliphatic heterocycles. The summed E-state index contributed by atoms with van der Waals surface area (Å²) >= 11 is 0. The van der Waals surface area contributed by atoms with Crippen molar-refractivity contribution in [3.8, 4) is 0 Å². The molecule has 2 atom stereocenters. The molecule has 1 rings (SSSR count). The highest BCUT2D eigenvalue weighted by Gasteiger charge is 2.33. The van der Waals surface area contributed by atoms with E-state index in [0.29, 0.717) is 11.5 Å². The number of nitrogens with one attached hydrogen (secondary N) is 1. The van der Waals surface area contributed by atoms with Crippen molar-refractivity contribution >= 4 is 0 Å². The maximum absolute atomic E-state index is 3.76. The predicted molar refractivity (Wildman–Crippen MR) is 76.4 cm³/mol. The summed E-state index contributed by atoms with van der Waals surface area (Å²) in [7, 11) is 0. The average molecular weight is 240 g/mol. The van der Waals surface area contributed by atoms with E-state index in [-0.39, 0.29) is 0 Å². The van der Waals surface area contributed by atoms with Gasteiger partial charge in [-0.15, -0.1) is 0 Å². The fraction of sp³-hybridized carbons (Fsp3) is 1.00. The first-order chi connectivity index (χ1) is 7.99.